The van der Waals surface area contributed by atoms with E-state index in [0.29, 0.717) is 39.4 Å². The Hall–Kier alpha value is -2.88. The lowest BCUT2D eigenvalue weighted by molar-refractivity contribution is 0.00336. The Morgan fingerprint density at radius 3 is 2.53 bits per heavy atom. The maximum atomic E-state index is 12.5. The molecular formula is C31H38ClN5O6SSi. The Bertz CT molecular complexity index is 1780. The van der Waals surface area contributed by atoms with Crippen molar-refractivity contribution in [3.05, 3.63) is 53.7 Å². The van der Waals surface area contributed by atoms with Crippen LogP contribution in [0.15, 0.2) is 53.6 Å². The van der Waals surface area contributed by atoms with Gasteiger partial charge < -0.3 is 24.1 Å². The molecule has 0 aliphatic carbocycles. The van der Waals surface area contributed by atoms with E-state index in [-0.39, 0.29) is 26.0 Å². The number of fused-ring (bicyclic) bond motifs is 2. The molecule has 2 aliphatic heterocycles. The van der Waals surface area contributed by atoms with Gasteiger partial charge >= 0.3 is 6.01 Å². The summed E-state index contributed by atoms with van der Waals surface area (Å²) in [5.41, 5.74) is 4.16. The number of halogens is 1. The van der Waals surface area contributed by atoms with Gasteiger partial charge in [0.25, 0.3) is 0 Å². The molecule has 240 valence electrons. The third-order valence-electron chi connectivity index (χ3n) is 8.00. The lowest BCUT2D eigenvalue weighted by Crippen LogP contribution is -2.35. The van der Waals surface area contributed by atoms with Crippen molar-refractivity contribution < 1.29 is 28.3 Å². The zero-order valence-corrected chi connectivity index (χ0v) is 28.3. The fraction of sp³-hybridized carbons (Fsp3) is 0.419. The summed E-state index contributed by atoms with van der Waals surface area (Å²) < 4.78 is 41.0. The Balaban J connectivity index is 1.29. The molecule has 1 unspecified atom stereocenters. The molecule has 0 spiro atoms. The number of aromatic nitrogens is 4. The second-order valence-corrected chi connectivity index (χ2v) is 20.7. The van der Waals surface area contributed by atoms with Crippen LogP contribution in [0, 0.1) is 0 Å². The van der Waals surface area contributed by atoms with Gasteiger partial charge in [-0.15, -0.1) is 0 Å². The first kappa shape index (κ1) is 32.1. The molecule has 0 amide bonds. The summed E-state index contributed by atoms with van der Waals surface area (Å²) in [6, 6.07) is 14.5. The molecule has 5 atom stereocenters. The van der Waals surface area contributed by atoms with Crippen LogP contribution in [0.2, 0.25) is 30.7 Å². The van der Waals surface area contributed by atoms with Crippen LogP contribution in [-0.4, -0.2) is 94.1 Å². The summed E-state index contributed by atoms with van der Waals surface area (Å²) in [6.45, 7) is 8.21. The fourth-order valence-corrected chi connectivity index (χ4v) is 7.05. The first-order chi connectivity index (χ1) is 21.4. The van der Waals surface area contributed by atoms with Crippen molar-refractivity contribution in [2.24, 2.45) is 0 Å². The van der Waals surface area contributed by atoms with E-state index in [0.717, 1.165) is 22.9 Å². The molecule has 2 N–H and O–H groups in total. The average Bonchev–Trinajstić information content (AvgIpc) is 3.69. The van der Waals surface area contributed by atoms with Crippen LogP contribution in [0.3, 0.4) is 0 Å². The number of imidazole rings is 1. The molecule has 0 radical (unpaired) electrons. The first-order valence-electron chi connectivity index (χ1n) is 14.8. The highest BCUT2D eigenvalue weighted by atomic mass is 35.5. The number of ether oxygens (including phenoxy) is 4. The molecule has 2 saturated heterocycles. The highest BCUT2D eigenvalue weighted by Crippen LogP contribution is 2.34. The SMILES string of the molecule is C=S(=O)(NC)c1ccc(-c2ccc(-c3nc4c(cc3Cl)nc(O[C@@H]3CO[C@H]5[C@@H]3OC[C@H]5O)n4COCC[Si](C)(C)C)cc2)nc1. The van der Waals surface area contributed by atoms with Crippen LogP contribution in [0.1, 0.15) is 0 Å². The van der Waals surface area contributed by atoms with E-state index < -0.39 is 36.1 Å². The van der Waals surface area contributed by atoms with Crippen molar-refractivity contribution in [1.29, 1.82) is 0 Å². The van der Waals surface area contributed by atoms with Gasteiger partial charge in [0.1, 0.15) is 30.6 Å². The van der Waals surface area contributed by atoms with Crippen molar-refractivity contribution in [2.45, 2.75) is 61.7 Å². The predicted molar refractivity (Wildman–Crippen MR) is 178 cm³/mol. The van der Waals surface area contributed by atoms with E-state index in [1.54, 1.807) is 25.4 Å². The maximum absolute atomic E-state index is 12.5. The maximum Gasteiger partial charge on any atom is 0.301 e. The summed E-state index contributed by atoms with van der Waals surface area (Å²) in [5.74, 6) is 3.73. The van der Waals surface area contributed by atoms with E-state index in [9.17, 15) is 9.32 Å². The molecule has 2 aliphatic rings. The van der Waals surface area contributed by atoms with E-state index in [1.165, 1.54) is 0 Å². The Morgan fingerprint density at radius 1 is 1.11 bits per heavy atom. The Morgan fingerprint density at radius 2 is 1.84 bits per heavy atom. The van der Waals surface area contributed by atoms with Crippen molar-refractivity contribution in [3.63, 3.8) is 0 Å². The van der Waals surface area contributed by atoms with Crippen molar-refractivity contribution in [2.75, 3.05) is 26.9 Å². The van der Waals surface area contributed by atoms with Crippen molar-refractivity contribution in [3.8, 4) is 28.5 Å². The van der Waals surface area contributed by atoms with Gasteiger partial charge in [-0.05, 0) is 37.2 Å². The van der Waals surface area contributed by atoms with Gasteiger partial charge in [-0.25, -0.2) is 13.9 Å². The molecular weight excluding hydrogens is 634 g/mol. The average molecular weight is 672 g/mol. The molecule has 6 rings (SSSR count). The number of pyridine rings is 2. The smallest absolute Gasteiger partial charge is 0.301 e. The van der Waals surface area contributed by atoms with Crippen molar-refractivity contribution >= 4 is 46.4 Å². The van der Waals surface area contributed by atoms with E-state index in [4.69, 9.17) is 40.5 Å². The zero-order valence-electron chi connectivity index (χ0n) is 25.7. The number of benzene rings is 1. The first-order valence-corrected chi connectivity index (χ1v) is 20.6. The van der Waals surface area contributed by atoms with E-state index in [2.05, 4.69) is 35.2 Å². The summed E-state index contributed by atoms with van der Waals surface area (Å²) in [4.78, 5) is 14.7. The van der Waals surface area contributed by atoms with Gasteiger partial charge in [0.15, 0.2) is 11.8 Å². The van der Waals surface area contributed by atoms with Gasteiger partial charge in [-0.2, -0.15) is 4.98 Å². The monoisotopic (exact) mass is 671 g/mol. The second kappa shape index (κ2) is 12.7. The highest BCUT2D eigenvalue weighted by Gasteiger charge is 2.49. The molecule has 45 heavy (non-hydrogen) atoms. The lowest BCUT2D eigenvalue weighted by atomic mass is 10.1. The molecule has 4 aromatic rings. The van der Waals surface area contributed by atoms with Crippen LogP contribution in [0.4, 0.5) is 0 Å². The Labute approximate surface area is 269 Å². The minimum Gasteiger partial charge on any atom is -0.456 e. The number of aliphatic hydroxyl groups is 1. The third-order valence-corrected chi connectivity index (χ3v) is 11.7. The van der Waals surface area contributed by atoms with E-state index in [1.807, 2.05) is 34.9 Å². The number of hydrogen-bond acceptors (Lipinski definition) is 9. The molecule has 3 aromatic heterocycles. The van der Waals surface area contributed by atoms with Crippen LogP contribution in [0.5, 0.6) is 6.01 Å². The van der Waals surface area contributed by atoms with Crippen LogP contribution in [0.25, 0.3) is 33.7 Å². The van der Waals surface area contributed by atoms with Gasteiger partial charge in [0.05, 0.1) is 44.2 Å². The topological polar surface area (TPSA) is 130 Å². The fourth-order valence-electron chi connectivity index (χ4n) is 5.29. The van der Waals surface area contributed by atoms with E-state index >= 15 is 0 Å². The van der Waals surface area contributed by atoms with Gasteiger partial charge in [-0.1, -0.05) is 55.5 Å². The van der Waals surface area contributed by atoms with Crippen LogP contribution < -0.4 is 9.46 Å². The molecule has 2 fully saturated rings. The predicted octanol–water partition coefficient (Wildman–Crippen LogP) is 4.24. The largest absolute Gasteiger partial charge is 0.456 e. The molecule has 5 heterocycles. The number of hydrogen-bond donors (Lipinski definition) is 2. The van der Waals surface area contributed by atoms with Gasteiger partial charge in [0.2, 0.25) is 0 Å². The zero-order chi connectivity index (χ0) is 31.9. The van der Waals surface area contributed by atoms with Crippen molar-refractivity contribution in [1.82, 2.24) is 24.2 Å². The third kappa shape index (κ3) is 6.81. The van der Waals surface area contributed by atoms with Gasteiger partial charge in [-0.3, -0.25) is 9.55 Å². The highest BCUT2D eigenvalue weighted by molar-refractivity contribution is 7.98. The molecule has 0 bridgehead atoms. The number of rotatable bonds is 11. The van der Waals surface area contributed by atoms with Gasteiger partial charge in [0, 0.05) is 32.0 Å². The summed E-state index contributed by atoms with van der Waals surface area (Å²) in [7, 11) is -2.26. The summed E-state index contributed by atoms with van der Waals surface area (Å²) >= 11 is 6.77. The van der Waals surface area contributed by atoms with Crippen LogP contribution in [-0.2, 0) is 30.6 Å². The summed E-state index contributed by atoms with van der Waals surface area (Å²) in [5, 5.41) is 10.6. The quantitative estimate of drug-likeness (QED) is 0.137. The number of nitrogens with zero attached hydrogens (tertiary/aromatic N) is 4. The molecule has 0 saturated carbocycles. The second-order valence-electron chi connectivity index (χ2n) is 12.5. The van der Waals surface area contributed by atoms with Crippen LogP contribution >= 0.6 is 11.6 Å². The number of aliphatic hydroxyl groups excluding tert-OH is 1. The standard InChI is InChI=1S/C31H38ClN5O6SSi/c1-33-44(2,39)21-10-11-23(34-15-21)19-6-8-20(9-7-19)27-22(32)14-24-30(36-27)37(18-40-12-13-45(3,4)5)31(35-24)43-26-17-42-28-25(38)16-41-29(26)28/h6-11,14-15,25-26,28-29,38H,2,12-13,16-18H2,1,3-5H3,(H,33,39)/t25-,26-,28-,29-,44?/m1/s1. The lowest BCUT2D eigenvalue weighted by Gasteiger charge is -2.19. The Kier molecular flexibility index (Phi) is 9.07. The number of nitrogens with one attached hydrogen (secondary N) is 1. The molecule has 11 nitrogen and oxygen atoms in total. The molecule has 1 aromatic carbocycles. The minimum atomic E-state index is -2.57. The normalized spacial score (nSPS) is 22.9. The summed E-state index contributed by atoms with van der Waals surface area (Å²) in [6.07, 6.45) is -0.347. The minimum absolute atomic E-state index is 0.198. The molecule has 14 heteroatoms.